The van der Waals surface area contributed by atoms with Crippen LogP contribution in [0.1, 0.15) is 38.7 Å². The number of aliphatic hydroxyl groups is 1. The zero-order valence-electron chi connectivity index (χ0n) is 9.53. The van der Waals surface area contributed by atoms with E-state index in [1.54, 1.807) is 12.4 Å². The van der Waals surface area contributed by atoms with Gasteiger partial charge in [-0.1, -0.05) is 13.8 Å². The molecule has 0 amide bonds. The zero-order valence-corrected chi connectivity index (χ0v) is 9.53. The third-order valence-electron chi connectivity index (χ3n) is 3.90. The second kappa shape index (κ2) is 3.60. The van der Waals surface area contributed by atoms with Gasteiger partial charge in [0.1, 0.15) is 0 Å². The molecule has 2 rings (SSSR count). The van der Waals surface area contributed by atoms with E-state index < -0.39 is 5.60 Å². The summed E-state index contributed by atoms with van der Waals surface area (Å²) in [7, 11) is 0. The number of pyridine rings is 1. The van der Waals surface area contributed by atoms with Crippen LogP contribution in [0.5, 0.6) is 0 Å². The smallest absolute Gasteiger partial charge is 0.0738 e. The van der Waals surface area contributed by atoms with Gasteiger partial charge in [-0.2, -0.15) is 0 Å². The quantitative estimate of drug-likeness (QED) is 0.805. The first kappa shape index (κ1) is 10.6. The van der Waals surface area contributed by atoms with E-state index in [9.17, 15) is 5.11 Å². The molecule has 1 N–H and O–H groups in total. The predicted molar refractivity (Wildman–Crippen MR) is 60.5 cm³/mol. The molecule has 1 heterocycles. The highest BCUT2D eigenvalue weighted by Gasteiger charge is 2.46. The van der Waals surface area contributed by atoms with Crippen molar-refractivity contribution in [3.05, 3.63) is 30.1 Å². The summed E-state index contributed by atoms with van der Waals surface area (Å²) < 4.78 is 0. The van der Waals surface area contributed by atoms with Gasteiger partial charge in [0.2, 0.25) is 0 Å². The van der Waals surface area contributed by atoms with Crippen molar-refractivity contribution in [1.29, 1.82) is 0 Å². The molecular weight excluding hydrogens is 186 g/mol. The summed E-state index contributed by atoms with van der Waals surface area (Å²) in [4.78, 5) is 4.00. The van der Waals surface area contributed by atoms with Crippen LogP contribution in [-0.2, 0) is 6.42 Å². The molecular formula is C13H19NO. The molecule has 1 atom stereocenters. The summed E-state index contributed by atoms with van der Waals surface area (Å²) in [6, 6.07) is 3.98. The zero-order chi connectivity index (χ0) is 10.9. The molecule has 2 heteroatoms. The topological polar surface area (TPSA) is 33.1 Å². The molecule has 1 aliphatic rings. The minimum atomic E-state index is -0.533. The van der Waals surface area contributed by atoms with E-state index in [0.717, 1.165) is 25.7 Å². The Kier molecular flexibility index (Phi) is 2.55. The maximum absolute atomic E-state index is 10.7. The van der Waals surface area contributed by atoms with E-state index in [2.05, 4.69) is 18.8 Å². The first-order valence-electron chi connectivity index (χ1n) is 5.65. The van der Waals surface area contributed by atoms with E-state index in [1.165, 1.54) is 5.56 Å². The molecule has 0 spiro atoms. The van der Waals surface area contributed by atoms with E-state index >= 15 is 0 Å². The largest absolute Gasteiger partial charge is 0.389 e. The van der Waals surface area contributed by atoms with Crippen LogP contribution in [0.15, 0.2) is 24.5 Å². The minimum absolute atomic E-state index is 0.0380. The summed E-state index contributed by atoms with van der Waals surface area (Å²) in [5, 5.41) is 10.7. The third kappa shape index (κ3) is 1.91. The molecule has 0 saturated heterocycles. The Hall–Kier alpha value is -0.890. The molecule has 1 aliphatic carbocycles. The number of hydrogen-bond donors (Lipinski definition) is 1. The number of hydrogen-bond acceptors (Lipinski definition) is 2. The third-order valence-corrected chi connectivity index (χ3v) is 3.90. The molecule has 1 aromatic heterocycles. The molecule has 82 valence electrons. The molecule has 0 bridgehead atoms. The molecule has 1 unspecified atom stereocenters. The van der Waals surface area contributed by atoms with Gasteiger partial charge in [-0.25, -0.2) is 0 Å². The normalized spacial score (nSPS) is 29.3. The number of aromatic nitrogens is 1. The highest BCUT2D eigenvalue weighted by molar-refractivity contribution is 5.16. The fourth-order valence-corrected chi connectivity index (χ4v) is 2.56. The molecule has 1 fully saturated rings. The molecule has 1 aromatic rings. The van der Waals surface area contributed by atoms with Gasteiger partial charge in [-0.3, -0.25) is 4.98 Å². The molecule has 0 aliphatic heterocycles. The van der Waals surface area contributed by atoms with Crippen LogP contribution < -0.4 is 0 Å². The van der Waals surface area contributed by atoms with Crippen molar-refractivity contribution in [2.24, 2.45) is 5.41 Å². The van der Waals surface area contributed by atoms with Crippen molar-refractivity contribution in [1.82, 2.24) is 4.98 Å². The SMILES string of the molecule is CC1(C)CCCC1(O)Cc1ccncc1. The van der Waals surface area contributed by atoms with Crippen LogP contribution in [-0.4, -0.2) is 15.7 Å². The highest BCUT2D eigenvalue weighted by Crippen LogP contribution is 2.47. The van der Waals surface area contributed by atoms with Gasteiger partial charge in [0.15, 0.2) is 0 Å². The molecule has 2 nitrogen and oxygen atoms in total. The molecule has 1 saturated carbocycles. The Morgan fingerprint density at radius 1 is 1.27 bits per heavy atom. The second-order valence-corrected chi connectivity index (χ2v) is 5.30. The maximum atomic E-state index is 10.7. The van der Waals surface area contributed by atoms with Gasteiger partial charge < -0.3 is 5.11 Å². The van der Waals surface area contributed by atoms with E-state index in [-0.39, 0.29) is 5.41 Å². The lowest BCUT2D eigenvalue weighted by Crippen LogP contribution is -2.41. The van der Waals surface area contributed by atoms with Gasteiger partial charge in [0.25, 0.3) is 0 Å². The van der Waals surface area contributed by atoms with Crippen LogP contribution in [0.3, 0.4) is 0 Å². The molecule has 15 heavy (non-hydrogen) atoms. The fourth-order valence-electron chi connectivity index (χ4n) is 2.56. The molecule has 0 aromatic carbocycles. The van der Waals surface area contributed by atoms with Gasteiger partial charge in [0.05, 0.1) is 5.60 Å². The summed E-state index contributed by atoms with van der Waals surface area (Å²) in [6.07, 6.45) is 7.51. The second-order valence-electron chi connectivity index (χ2n) is 5.30. The lowest BCUT2D eigenvalue weighted by molar-refractivity contribution is -0.0419. The van der Waals surface area contributed by atoms with Gasteiger partial charge in [0, 0.05) is 18.8 Å². The minimum Gasteiger partial charge on any atom is -0.389 e. The lowest BCUT2D eigenvalue weighted by Gasteiger charge is -2.37. The monoisotopic (exact) mass is 205 g/mol. The van der Waals surface area contributed by atoms with Gasteiger partial charge >= 0.3 is 0 Å². The Morgan fingerprint density at radius 2 is 1.93 bits per heavy atom. The fraction of sp³-hybridized carbons (Fsp3) is 0.615. The summed E-state index contributed by atoms with van der Waals surface area (Å²) >= 11 is 0. The van der Waals surface area contributed by atoms with Crippen molar-refractivity contribution in [3.63, 3.8) is 0 Å². The van der Waals surface area contributed by atoms with Crippen molar-refractivity contribution in [2.45, 2.75) is 45.1 Å². The van der Waals surface area contributed by atoms with Crippen LogP contribution in [0.4, 0.5) is 0 Å². The summed E-state index contributed by atoms with van der Waals surface area (Å²) in [5.41, 5.74) is 0.687. The first-order chi connectivity index (χ1) is 7.04. The van der Waals surface area contributed by atoms with E-state index in [1.807, 2.05) is 12.1 Å². The van der Waals surface area contributed by atoms with Crippen molar-refractivity contribution in [3.8, 4) is 0 Å². The highest BCUT2D eigenvalue weighted by atomic mass is 16.3. The Morgan fingerprint density at radius 3 is 2.47 bits per heavy atom. The predicted octanol–water partition coefficient (Wildman–Crippen LogP) is 2.57. The van der Waals surface area contributed by atoms with Crippen LogP contribution in [0, 0.1) is 5.41 Å². The van der Waals surface area contributed by atoms with E-state index in [0.29, 0.717) is 0 Å². The maximum Gasteiger partial charge on any atom is 0.0738 e. The first-order valence-corrected chi connectivity index (χ1v) is 5.65. The number of rotatable bonds is 2. The van der Waals surface area contributed by atoms with Crippen molar-refractivity contribution in [2.75, 3.05) is 0 Å². The van der Waals surface area contributed by atoms with Crippen molar-refractivity contribution < 1.29 is 5.11 Å². The van der Waals surface area contributed by atoms with E-state index in [4.69, 9.17) is 0 Å². The van der Waals surface area contributed by atoms with Crippen LogP contribution in [0.2, 0.25) is 0 Å². The summed E-state index contributed by atoms with van der Waals surface area (Å²) in [5.74, 6) is 0. The van der Waals surface area contributed by atoms with Gasteiger partial charge in [-0.05, 0) is 42.4 Å². The van der Waals surface area contributed by atoms with Gasteiger partial charge in [-0.15, -0.1) is 0 Å². The Balaban J connectivity index is 2.18. The Labute approximate surface area is 91.4 Å². The number of nitrogens with zero attached hydrogens (tertiary/aromatic N) is 1. The van der Waals surface area contributed by atoms with Crippen molar-refractivity contribution >= 4 is 0 Å². The van der Waals surface area contributed by atoms with Crippen LogP contribution >= 0.6 is 0 Å². The lowest BCUT2D eigenvalue weighted by atomic mass is 9.74. The average Bonchev–Trinajstić information content (AvgIpc) is 2.43. The summed E-state index contributed by atoms with van der Waals surface area (Å²) in [6.45, 7) is 4.34. The molecule has 0 radical (unpaired) electrons. The van der Waals surface area contributed by atoms with Crippen LogP contribution in [0.25, 0.3) is 0 Å². The Bertz CT molecular complexity index is 334. The average molecular weight is 205 g/mol. The standard InChI is InChI=1S/C13H19NO/c1-12(2)6-3-7-13(12,15)10-11-4-8-14-9-5-11/h4-5,8-9,15H,3,6-7,10H2,1-2H3.